The quantitative estimate of drug-likeness (QED) is 0.456. The molecule has 4 rings (SSSR count). The van der Waals surface area contributed by atoms with Gasteiger partial charge in [0.25, 0.3) is 0 Å². The number of rotatable bonds is 7. The van der Waals surface area contributed by atoms with Crippen LogP contribution in [0.3, 0.4) is 0 Å². The molecule has 3 aromatic carbocycles. The first-order chi connectivity index (χ1) is 16.5. The van der Waals surface area contributed by atoms with Crippen molar-refractivity contribution in [2.24, 2.45) is 0 Å². The summed E-state index contributed by atoms with van der Waals surface area (Å²) in [7, 11) is 1.74. The van der Waals surface area contributed by atoms with Crippen LogP contribution in [0.5, 0.6) is 5.75 Å². The Morgan fingerprint density at radius 1 is 0.912 bits per heavy atom. The van der Waals surface area contributed by atoms with Gasteiger partial charge in [0.15, 0.2) is 0 Å². The van der Waals surface area contributed by atoms with Crippen LogP contribution in [0.2, 0.25) is 0 Å². The molecule has 0 saturated carbocycles. The molecule has 180 valence electrons. The maximum absolute atomic E-state index is 9.10. The molecule has 1 heterocycles. The molecule has 0 aromatic heterocycles. The number of ether oxygens (including phenoxy) is 2. The number of hydrogen-bond acceptors (Lipinski definition) is 6. The molecule has 8 nitrogen and oxygen atoms in total. The third-order valence-electron chi connectivity index (χ3n) is 5.63. The smallest absolute Gasteiger partial charge is 0.414 e. The Hall–Kier alpha value is -3.46. The van der Waals surface area contributed by atoms with Gasteiger partial charge in [0.2, 0.25) is 0 Å². The summed E-state index contributed by atoms with van der Waals surface area (Å²) in [6.45, 7) is 6.29. The zero-order valence-corrected chi connectivity index (χ0v) is 19.2. The fraction of sp³-hybridized carbons (Fsp3) is 0.308. The lowest BCUT2D eigenvalue weighted by Gasteiger charge is -2.27. The van der Waals surface area contributed by atoms with E-state index in [1.807, 2.05) is 0 Å². The van der Waals surface area contributed by atoms with Crippen molar-refractivity contribution in [2.45, 2.75) is 19.6 Å². The average Bonchev–Trinajstić information content (AvgIpc) is 2.86. The van der Waals surface area contributed by atoms with Gasteiger partial charge in [0.05, 0.1) is 20.3 Å². The number of hydrogen-bond donors (Lipinski definition) is 3. The van der Waals surface area contributed by atoms with E-state index in [4.69, 9.17) is 29.3 Å². The number of fused-ring (bicyclic) bond motifs is 1. The van der Waals surface area contributed by atoms with E-state index in [0.29, 0.717) is 0 Å². The summed E-state index contributed by atoms with van der Waals surface area (Å²) in [5.41, 5.74) is 3.96. The van der Waals surface area contributed by atoms with Crippen molar-refractivity contribution in [3.05, 3.63) is 77.4 Å². The molecule has 3 N–H and O–H groups in total. The number of methoxy groups -OCH3 is 1. The Labute approximate surface area is 198 Å². The van der Waals surface area contributed by atoms with Crippen LogP contribution < -0.4 is 10.1 Å². The van der Waals surface area contributed by atoms with E-state index in [1.165, 1.54) is 27.5 Å². The Bertz CT molecular complexity index is 1100. The first-order valence-corrected chi connectivity index (χ1v) is 11.1. The van der Waals surface area contributed by atoms with Crippen molar-refractivity contribution >= 4 is 22.7 Å². The normalized spacial score (nSPS) is 13.7. The molecule has 0 atom stereocenters. The summed E-state index contributed by atoms with van der Waals surface area (Å²) in [5, 5.41) is 20.9. The summed E-state index contributed by atoms with van der Waals surface area (Å²) in [5.74, 6) is -2.71. The predicted octanol–water partition coefficient (Wildman–Crippen LogP) is 3.13. The zero-order chi connectivity index (χ0) is 24.3. The third kappa shape index (κ3) is 7.02. The third-order valence-corrected chi connectivity index (χ3v) is 5.63. The van der Waals surface area contributed by atoms with E-state index in [-0.39, 0.29) is 0 Å². The van der Waals surface area contributed by atoms with Gasteiger partial charge in [0.1, 0.15) is 5.75 Å². The maximum Gasteiger partial charge on any atom is 0.414 e. The van der Waals surface area contributed by atoms with Gasteiger partial charge >= 0.3 is 11.9 Å². The molecule has 8 heteroatoms. The summed E-state index contributed by atoms with van der Waals surface area (Å²) in [6.07, 6.45) is 0. The predicted molar refractivity (Wildman–Crippen MR) is 129 cm³/mol. The molecule has 0 unspecified atom stereocenters. The van der Waals surface area contributed by atoms with Crippen LogP contribution in [0.15, 0.2) is 60.7 Å². The van der Waals surface area contributed by atoms with Crippen LogP contribution >= 0.6 is 0 Å². The number of carboxylic acids is 2. The lowest BCUT2D eigenvalue weighted by Crippen LogP contribution is -2.36. The Morgan fingerprint density at radius 2 is 1.56 bits per heavy atom. The van der Waals surface area contributed by atoms with E-state index in [1.54, 1.807) is 7.11 Å². The molecule has 1 fully saturated rings. The van der Waals surface area contributed by atoms with E-state index in [2.05, 4.69) is 70.9 Å². The van der Waals surface area contributed by atoms with Crippen LogP contribution in [0.25, 0.3) is 10.8 Å². The second-order valence-electron chi connectivity index (χ2n) is 7.84. The maximum atomic E-state index is 9.10. The summed E-state index contributed by atoms with van der Waals surface area (Å²) in [4.78, 5) is 20.7. The standard InChI is InChI=1S/C24H28N2O2.C2H2O4/c1-27-24-11-10-19-6-4-5-9-22(19)23(24)17-25-16-20-7-2-3-8-21(20)18-26-12-14-28-15-13-26;3-1(4)2(5)6/h2-11,25H,12-18H2,1H3;(H,3,4)(H,5,6). The van der Waals surface area contributed by atoms with Gasteiger partial charge in [-0.25, -0.2) is 9.59 Å². The van der Waals surface area contributed by atoms with Crippen LogP contribution in [-0.4, -0.2) is 60.5 Å². The molecular formula is C26H30N2O6. The van der Waals surface area contributed by atoms with Crippen molar-refractivity contribution in [2.75, 3.05) is 33.4 Å². The van der Waals surface area contributed by atoms with E-state index in [0.717, 1.165) is 51.7 Å². The summed E-state index contributed by atoms with van der Waals surface area (Å²) < 4.78 is 11.1. The van der Waals surface area contributed by atoms with Gasteiger partial charge in [-0.05, 0) is 28.0 Å². The second kappa shape index (κ2) is 12.7. The first-order valence-electron chi connectivity index (χ1n) is 11.1. The fourth-order valence-corrected chi connectivity index (χ4v) is 3.90. The van der Waals surface area contributed by atoms with E-state index >= 15 is 0 Å². The number of morpholine rings is 1. The SMILES string of the molecule is COc1ccc2ccccc2c1CNCc1ccccc1CN1CCOCC1.O=C(O)C(=O)O. The number of nitrogens with zero attached hydrogens (tertiary/aromatic N) is 1. The minimum atomic E-state index is -1.82. The number of benzene rings is 3. The Morgan fingerprint density at radius 3 is 2.24 bits per heavy atom. The highest BCUT2D eigenvalue weighted by atomic mass is 16.5. The molecule has 0 spiro atoms. The number of aliphatic carboxylic acids is 2. The van der Waals surface area contributed by atoms with Crippen molar-refractivity contribution in [1.29, 1.82) is 0 Å². The highest BCUT2D eigenvalue weighted by Crippen LogP contribution is 2.28. The van der Waals surface area contributed by atoms with Crippen molar-refractivity contribution in [1.82, 2.24) is 10.2 Å². The van der Waals surface area contributed by atoms with Gasteiger partial charge in [0, 0.05) is 38.3 Å². The van der Waals surface area contributed by atoms with Crippen LogP contribution in [0.4, 0.5) is 0 Å². The molecular weight excluding hydrogens is 436 g/mol. The Kier molecular flexibility index (Phi) is 9.40. The van der Waals surface area contributed by atoms with Crippen molar-refractivity contribution < 1.29 is 29.3 Å². The number of nitrogens with one attached hydrogen (secondary N) is 1. The van der Waals surface area contributed by atoms with Crippen LogP contribution in [0, 0.1) is 0 Å². The Balaban J connectivity index is 0.000000481. The molecule has 1 aliphatic rings. The van der Waals surface area contributed by atoms with Gasteiger partial charge in [-0.2, -0.15) is 0 Å². The zero-order valence-electron chi connectivity index (χ0n) is 19.2. The van der Waals surface area contributed by atoms with Gasteiger partial charge in [-0.1, -0.05) is 54.6 Å². The average molecular weight is 467 g/mol. The molecule has 1 saturated heterocycles. The van der Waals surface area contributed by atoms with Crippen LogP contribution in [0.1, 0.15) is 16.7 Å². The molecule has 3 aromatic rings. The molecule has 0 radical (unpaired) electrons. The highest BCUT2D eigenvalue weighted by Gasteiger charge is 2.13. The molecule has 0 aliphatic carbocycles. The second-order valence-corrected chi connectivity index (χ2v) is 7.84. The molecule has 0 bridgehead atoms. The first kappa shape index (κ1) is 25.2. The lowest BCUT2D eigenvalue weighted by atomic mass is 10.0. The monoisotopic (exact) mass is 466 g/mol. The fourth-order valence-electron chi connectivity index (χ4n) is 3.90. The van der Waals surface area contributed by atoms with Crippen LogP contribution in [-0.2, 0) is 34.0 Å². The molecule has 1 aliphatic heterocycles. The van der Waals surface area contributed by atoms with Crippen molar-refractivity contribution in [3.8, 4) is 5.75 Å². The van der Waals surface area contributed by atoms with Crippen molar-refractivity contribution in [3.63, 3.8) is 0 Å². The topological polar surface area (TPSA) is 108 Å². The van der Waals surface area contributed by atoms with Gasteiger partial charge in [-0.3, -0.25) is 4.90 Å². The largest absolute Gasteiger partial charge is 0.496 e. The number of carboxylic acid groups (broad SMARTS) is 2. The lowest BCUT2D eigenvalue weighted by molar-refractivity contribution is -0.159. The minimum absolute atomic E-state index is 0.774. The van der Waals surface area contributed by atoms with Gasteiger partial charge < -0.3 is 25.0 Å². The highest BCUT2D eigenvalue weighted by molar-refractivity contribution is 6.27. The number of carbonyl (C=O) groups is 2. The van der Waals surface area contributed by atoms with E-state index < -0.39 is 11.9 Å². The van der Waals surface area contributed by atoms with Gasteiger partial charge in [-0.15, -0.1) is 0 Å². The summed E-state index contributed by atoms with van der Waals surface area (Å²) in [6, 6.07) is 21.4. The molecule has 34 heavy (non-hydrogen) atoms. The summed E-state index contributed by atoms with van der Waals surface area (Å²) >= 11 is 0. The minimum Gasteiger partial charge on any atom is -0.496 e. The molecule has 0 amide bonds. The van der Waals surface area contributed by atoms with E-state index in [9.17, 15) is 0 Å².